The highest BCUT2D eigenvalue weighted by molar-refractivity contribution is 5.29. The normalized spacial score (nSPS) is 20.5. The van der Waals surface area contributed by atoms with E-state index in [2.05, 4.69) is 17.3 Å². The molecule has 0 aliphatic carbocycles. The van der Waals surface area contributed by atoms with Crippen LogP contribution in [-0.2, 0) is 11.8 Å². The highest BCUT2D eigenvalue weighted by Gasteiger charge is 2.33. The summed E-state index contributed by atoms with van der Waals surface area (Å²) < 4.78 is 26.9. The van der Waals surface area contributed by atoms with Crippen molar-refractivity contribution >= 4 is 0 Å². The second-order valence-corrected chi connectivity index (χ2v) is 6.13. The molecular weight excluding hydrogens is 309 g/mol. The summed E-state index contributed by atoms with van der Waals surface area (Å²) in [4.78, 5) is 0. The van der Waals surface area contributed by atoms with Crippen LogP contribution in [0.1, 0.15) is 29.5 Å². The zero-order valence-corrected chi connectivity index (χ0v) is 14.4. The molecule has 1 saturated heterocycles. The number of para-hydroxylation sites is 1. The van der Waals surface area contributed by atoms with Crippen LogP contribution in [0.5, 0.6) is 5.75 Å². The van der Waals surface area contributed by atoms with Crippen LogP contribution in [0.3, 0.4) is 0 Å². The number of benzene rings is 1. The van der Waals surface area contributed by atoms with Crippen LogP contribution in [0.4, 0.5) is 4.39 Å². The second-order valence-electron chi connectivity index (χ2n) is 6.13. The molecule has 1 fully saturated rings. The third kappa shape index (κ3) is 3.44. The van der Waals surface area contributed by atoms with Crippen molar-refractivity contribution in [3.05, 3.63) is 47.0 Å². The lowest BCUT2D eigenvalue weighted by molar-refractivity contribution is 0.0968. The first-order chi connectivity index (χ1) is 11.6. The predicted molar refractivity (Wildman–Crippen MR) is 89.7 cm³/mol. The number of hydrogen-bond donors (Lipinski definition) is 1. The Balaban J connectivity index is 1.56. The van der Waals surface area contributed by atoms with Gasteiger partial charge < -0.3 is 14.8 Å². The van der Waals surface area contributed by atoms with E-state index in [0.717, 1.165) is 24.4 Å². The standard InChI is InChI=1S/C18H24FN3O2/c1-12-17(13(2)22(3)21-12)18-15(8-10-24-18)20-9-11-23-16-7-5-4-6-14(16)19/h4-7,15,18,20H,8-11H2,1-3H3/t15-,18-/m0/s1. The van der Waals surface area contributed by atoms with Crippen LogP contribution in [0.15, 0.2) is 24.3 Å². The number of hydrogen-bond acceptors (Lipinski definition) is 4. The molecule has 5 nitrogen and oxygen atoms in total. The number of rotatable bonds is 6. The zero-order valence-electron chi connectivity index (χ0n) is 14.4. The maximum Gasteiger partial charge on any atom is 0.165 e. The Labute approximate surface area is 141 Å². The first kappa shape index (κ1) is 16.9. The van der Waals surface area contributed by atoms with Gasteiger partial charge in [-0.3, -0.25) is 4.68 Å². The van der Waals surface area contributed by atoms with E-state index in [1.54, 1.807) is 18.2 Å². The number of ether oxygens (including phenoxy) is 2. The van der Waals surface area contributed by atoms with E-state index in [9.17, 15) is 4.39 Å². The molecule has 3 rings (SSSR count). The molecule has 24 heavy (non-hydrogen) atoms. The molecule has 1 aliphatic rings. The highest BCUT2D eigenvalue weighted by atomic mass is 19.1. The number of halogens is 1. The van der Waals surface area contributed by atoms with Gasteiger partial charge in [-0.2, -0.15) is 5.10 Å². The van der Waals surface area contributed by atoms with Gasteiger partial charge in [0.15, 0.2) is 11.6 Å². The fourth-order valence-electron chi connectivity index (χ4n) is 3.25. The quantitative estimate of drug-likeness (QED) is 0.826. The van der Waals surface area contributed by atoms with Gasteiger partial charge in [-0.25, -0.2) is 4.39 Å². The summed E-state index contributed by atoms with van der Waals surface area (Å²) in [7, 11) is 1.95. The molecule has 0 bridgehead atoms. The van der Waals surface area contributed by atoms with E-state index in [1.807, 2.05) is 18.7 Å². The Hall–Kier alpha value is -1.92. The molecule has 6 heteroatoms. The van der Waals surface area contributed by atoms with Crippen molar-refractivity contribution in [3.63, 3.8) is 0 Å². The van der Waals surface area contributed by atoms with Crippen LogP contribution < -0.4 is 10.1 Å². The zero-order chi connectivity index (χ0) is 17.1. The number of aromatic nitrogens is 2. The van der Waals surface area contributed by atoms with E-state index in [-0.39, 0.29) is 23.7 Å². The van der Waals surface area contributed by atoms with Crippen molar-refractivity contribution in [2.24, 2.45) is 7.05 Å². The van der Waals surface area contributed by atoms with Crippen LogP contribution in [-0.4, -0.2) is 35.6 Å². The summed E-state index contributed by atoms with van der Waals surface area (Å²) in [5, 5.41) is 7.95. The molecule has 1 aromatic carbocycles. The Morgan fingerprint density at radius 1 is 1.38 bits per heavy atom. The smallest absolute Gasteiger partial charge is 0.165 e. The summed E-state index contributed by atoms with van der Waals surface area (Å²) in [5.74, 6) is -0.0429. The van der Waals surface area contributed by atoms with E-state index >= 15 is 0 Å². The fourth-order valence-corrected chi connectivity index (χ4v) is 3.25. The minimum absolute atomic E-state index is 0.00663. The molecule has 0 spiro atoms. The Kier molecular flexibility index (Phi) is 5.16. The van der Waals surface area contributed by atoms with Crippen LogP contribution in [0, 0.1) is 19.7 Å². The predicted octanol–water partition coefficient (Wildman–Crippen LogP) is 2.67. The van der Waals surface area contributed by atoms with Gasteiger partial charge in [0.05, 0.1) is 5.69 Å². The van der Waals surface area contributed by atoms with Gasteiger partial charge in [0.1, 0.15) is 12.7 Å². The molecule has 130 valence electrons. The Morgan fingerprint density at radius 2 is 2.17 bits per heavy atom. The van der Waals surface area contributed by atoms with Gasteiger partial charge in [0, 0.05) is 37.5 Å². The lowest BCUT2D eigenvalue weighted by Crippen LogP contribution is -2.35. The molecule has 2 heterocycles. The number of aryl methyl sites for hydroxylation is 2. The molecule has 2 aromatic rings. The molecule has 0 radical (unpaired) electrons. The molecule has 2 atom stereocenters. The average Bonchev–Trinajstić information content (AvgIpc) is 3.10. The van der Waals surface area contributed by atoms with Gasteiger partial charge in [-0.05, 0) is 32.4 Å². The van der Waals surface area contributed by atoms with Gasteiger partial charge >= 0.3 is 0 Å². The topological polar surface area (TPSA) is 48.3 Å². The van der Waals surface area contributed by atoms with Crippen LogP contribution in [0.2, 0.25) is 0 Å². The van der Waals surface area contributed by atoms with E-state index in [0.29, 0.717) is 13.2 Å². The lowest BCUT2D eigenvalue weighted by Gasteiger charge is -2.21. The monoisotopic (exact) mass is 333 g/mol. The first-order valence-electron chi connectivity index (χ1n) is 8.30. The third-order valence-corrected chi connectivity index (χ3v) is 4.54. The highest BCUT2D eigenvalue weighted by Crippen LogP contribution is 2.33. The molecule has 0 saturated carbocycles. The largest absolute Gasteiger partial charge is 0.489 e. The van der Waals surface area contributed by atoms with Gasteiger partial charge in [-0.15, -0.1) is 0 Å². The van der Waals surface area contributed by atoms with Crippen molar-refractivity contribution in [2.75, 3.05) is 19.8 Å². The molecule has 1 aliphatic heterocycles. The van der Waals surface area contributed by atoms with Crippen molar-refractivity contribution in [2.45, 2.75) is 32.4 Å². The number of nitrogens with zero attached hydrogens (tertiary/aromatic N) is 2. The van der Waals surface area contributed by atoms with Crippen molar-refractivity contribution in [1.29, 1.82) is 0 Å². The Morgan fingerprint density at radius 3 is 2.88 bits per heavy atom. The molecular formula is C18H24FN3O2. The first-order valence-corrected chi connectivity index (χ1v) is 8.30. The SMILES string of the molecule is Cc1nn(C)c(C)c1[C@H]1OCC[C@@H]1NCCOc1ccccc1F. The average molecular weight is 333 g/mol. The van der Waals surface area contributed by atoms with Crippen molar-refractivity contribution in [1.82, 2.24) is 15.1 Å². The minimum atomic E-state index is -0.332. The van der Waals surface area contributed by atoms with E-state index < -0.39 is 0 Å². The summed E-state index contributed by atoms with van der Waals surface area (Å²) in [6.07, 6.45) is 0.949. The second kappa shape index (κ2) is 7.32. The maximum absolute atomic E-state index is 13.5. The Bertz CT molecular complexity index is 702. The summed E-state index contributed by atoms with van der Waals surface area (Å²) >= 11 is 0. The van der Waals surface area contributed by atoms with E-state index in [4.69, 9.17) is 9.47 Å². The maximum atomic E-state index is 13.5. The van der Waals surface area contributed by atoms with Gasteiger partial charge in [0.2, 0.25) is 0 Å². The van der Waals surface area contributed by atoms with E-state index in [1.165, 1.54) is 11.6 Å². The third-order valence-electron chi connectivity index (χ3n) is 4.54. The van der Waals surface area contributed by atoms with Gasteiger partial charge in [0.25, 0.3) is 0 Å². The van der Waals surface area contributed by atoms with Crippen molar-refractivity contribution in [3.8, 4) is 5.75 Å². The minimum Gasteiger partial charge on any atom is -0.489 e. The summed E-state index contributed by atoms with van der Waals surface area (Å²) in [6.45, 7) is 5.86. The van der Waals surface area contributed by atoms with Crippen molar-refractivity contribution < 1.29 is 13.9 Å². The lowest BCUT2D eigenvalue weighted by atomic mass is 10.0. The molecule has 0 unspecified atom stereocenters. The summed E-state index contributed by atoms with van der Waals surface area (Å²) in [5.41, 5.74) is 3.31. The number of nitrogens with one attached hydrogen (secondary N) is 1. The molecule has 1 N–H and O–H groups in total. The fraction of sp³-hybridized carbons (Fsp3) is 0.500. The molecule has 0 amide bonds. The van der Waals surface area contributed by atoms with Crippen LogP contribution >= 0.6 is 0 Å². The van der Waals surface area contributed by atoms with Gasteiger partial charge in [-0.1, -0.05) is 12.1 Å². The van der Waals surface area contributed by atoms with Crippen LogP contribution in [0.25, 0.3) is 0 Å². The summed E-state index contributed by atoms with van der Waals surface area (Å²) in [6, 6.07) is 6.67. The molecule has 1 aromatic heterocycles.